The third-order valence-corrected chi connectivity index (χ3v) is 7.32. The summed E-state index contributed by atoms with van der Waals surface area (Å²) in [6.45, 7) is 6.54. The molecule has 0 radical (unpaired) electrons. The van der Waals surface area contributed by atoms with Gasteiger partial charge in [-0.2, -0.15) is 0 Å². The molecule has 8 nitrogen and oxygen atoms in total. The summed E-state index contributed by atoms with van der Waals surface area (Å²) in [5.74, 6) is 1.10. The largest absolute Gasteiger partial charge is 0.339 e. The molecule has 0 spiro atoms. The van der Waals surface area contributed by atoms with Gasteiger partial charge in [0.05, 0.1) is 12.1 Å². The lowest BCUT2D eigenvalue weighted by Crippen LogP contribution is -2.53. The van der Waals surface area contributed by atoms with Crippen LogP contribution in [0, 0.1) is 0 Å². The van der Waals surface area contributed by atoms with E-state index in [4.69, 9.17) is 11.5 Å². The lowest BCUT2D eigenvalue weighted by Gasteiger charge is -2.34. The first kappa shape index (κ1) is 21.8. The molecule has 2 amide bonds. The van der Waals surface area contributed by atoms with Gasteiger partial charge in [-0.15, -0.1) is 0 Å². The van der Waals surface area contributed by atoms with Crippen LogP contribution in [-0.4, -0.2) is 121 Å². The molecule has 0 aromatic rings. The Kier molecular flexibility index (Phi) is 8.98. The van der Waals surface area contributed by atoms with E-state index in [1.807, 2.05) is 9.80 Å². The van der Waals surface area contributed by atoms with E-state index in [2.05, 4.69) is 23.9 Å². The number of piperazine rings is 2. The molecule has 2 rings (SSSR count). The third kappa shape index (κ3) is 6.58. The van der Waals surface area contributed by atoms with Crippen LogP contribution in [0.2, 0.25) is 0 Å². The molecule has 2 fully saturated rings. The molecule has 0 saturated carbocycles. The summed E-state index contributed by atoms with van der Waals surface area (Å²) in [6.07, 6.45) is 0. The summed E-state index contributed by atoms with van der Waals surface area (Å²) in [7, 11) is 7.16. The average Bonchev–Trinajstić information content (AvgIpc) is 2.65. The minimum atomic E-state index is -0.500. The maximum atomic E-state index is 12.3. The second-order valence-electron chi connectivity index (χ2n) is 7.04. The Morgan fingerprint density at radius 2 is 1.04 bits per heavy atom. The molecule has 0 bridgehead atoms. The third-order valence-electron chi connectivity index (χ3n) is 4.84. The molecule has 150 valence electrons. The number of hydrogen-bond acceptors (Lipinski definition) is 8. The Bertz CT molecular complexity index is 426. The van der Waals surface area contributed by atoms with E-state index in [-0.39, 0.29) is 11.8 Å². The first-order chi connectivity index (χ1) is 12.4. The van der Waals surface area contributed by atoms with Crippen LogP contribution in [-0.2, 0) is 9.59 Å². The number of rotatable bonds is 7. The van der Waals surface area contributed by atoms with Crippen LogP contribution in [0.15, 0.2) is 0 Å². The number of likely N-dealkylation sites (N-methyl/N-ethyl adjacent to an activating group) is 2. The van der Waals surface area contributed by atoms with E-state index in [1.165, 1.54) is 21.6 Å². The van der Waals surface area contributed by atoms with E-state index < -0.39 is 12.1 Å². The Morgan fingerprint density at radius 3 is 1.35 bits per heavy atom. The van der Waals surface area contributed by atoms with Crippen molar-refractivity contribution in [1.82, 2.24) is 19.6 Å². The second kappa shape index (κ2) is 10.7. The highest BCUT2D eigenvalue weighted by Gasteiger charge is 2.26. The van der Waals surface area contributed by atoms with E-state index in [9.17, 15) is 9.59 Å². The summed E-state index contributed by atoms with van der Waals surface area (Å²) < 4.78 is 0. The highest BCUT2D eigenvalue weighted by atomic mass is 33.1. The van der Waals surface area contributed by atoms with Crippen LogP contribution in [0.5, 0.6) is 0 Å². The van der Waals surface area contributed by atoms with Crippen LogP contribution in [0.25, 0.3) is 0 Å². The zero-order chi connectivity index (χ0) is 19.1. The van der Waals surface area contributed by atoms with E-state index in [1.54, 1.807) is 0 Å². The average molecular weight is 405 g/mol. The van der Waals surface area contributed by atoms with Crippen LogP contribution in [0.1, 0.15) is 0 Å². The molecule has 2 atom stereocenters. The minimum absolute atomic E-state index is 0.0176. The normalized spacial score (nSPS) is 22.3. The fourth-order valence-electron chi connectivity index (χ4n) is 2.91. The van der Waals surface area contributed by atoms with Crippen molar-refractivity contribution in [2.24, 2.45) is 11.5 Å². The summed E-state index contributed by atoms with van der Waals surface area (Å²) in [5.41, 5.74) is 12.1. The van der Waals surface area contributed by atoms with Crippen molar-refractivity contribution in [2.75, 3.05) is 78.0 Å². The lowest BCUT2D eigenvalue weighted by molar-refractivity contribution is -0.134. The number of carbonyl (C=O) groups is 2. The van der Waals surface area contributed by atoms with Gasteiger partial charge in [0, 0.05) is 63.9 Å². The van der Waals surface area contributed by atoms with Crippen molar-refractivity contribution in [2.45, 2.75) is 12.1 Å². The molecular weight excluding hydrogens is 372 g/mol. The minimum Gasteiger partial charge on any atom is -0.339 e. The first-order valence-electron chi connectivity index (χ1n) is 9.08. The maximum Gasteiger partial charge on any atom is 0.240 e. The Hall–Kier alpha value is -0.520. The van der Waals surface area contributed by atoms with Crippen molar-refractivity contribution in [3.05, 3.63) is 0 Å². The molecule has 2 aliphatic heterocycles. The van der Waals surface area contributed by atoms with Crippen LogP contribution in [0.4, 0.5) is 0 Å². The Labute approximate surface area is 164 Å². The van der Waals surface area contributed by atoms with Gasteiger partial charge in [0.25, 0.3) is 0 Å². The van der Waals surface area contributed by atoms with Crippen molar-refractivity contribution in [3.63, 3.8) is 0 Å². The van der Waals surface area contributed by atoms with Gasteiger partial charge in [0.1, 0.15) is 0 Å². The van der Waals surface area contributed by atoms with Gasteiger partial charge in [-0.3, -0.25) is 9.59 Å². The van der Waals surface area contributed by atoms with Gasteiger partial charge in [0.2, 0.25) is 11.8 Å². The monoisotopic (exact) mass is 404 g/mol. The zero-order valence-electron chi connectivity index (χ0n) is 15.8. The first-order valence-corrected chi connectivity index (χ1v) is 11.6. The molecule has 26 heavy (non-hydrogen) atoms. The molecule has 0 aromatic carbocycles. The molecule has 2 heterocycles. The van der Waals surface area contributed by atoms with Crippen LogP contribution in [0.3, 0.4) is 0 Å². The smallest absolute Gasteiger partial charge is 0.240 e. The molecule has 0 aromatic heterocycles. The fraction of sp³-hybridized carbons (Fsp3) is 0.875. The lowest BCUT2D eigenvalue weighted by atomic mass is 10.2. The molecule has 0 aliphatic carbocycles. The Morgan fingerprint density at radius 1 is 0.731 bits per heavy atom. The number of nitrogens with two attached hydrogens (primary N) is 2. The number of carbonyl (C=O) groups excluding carboxylic acids is 2. The van der Waals surface area contributed by atoms with E-state index >= 15 is 0 Å². The van der Waals surface area contributed by atoms with Gasteiger partial charge in [-0.1, -0.05) is 21.6 Å². The summed E-state index contributed by atoms with van der Waals surface area (Å²) >= 11 is 0. The van der Waals surface area contributed by atoms with Gasteiger partial charge in [-0.05, 0) is 14.1 Å². The topological polar surface area (TPSA) is 99.1 Å². The standard InChI is InChI=1S/C16H32N6O2S2/c1-19-3-7-21(8-4-19)15(23)13(17)11-25-26-12-14(18)16(24)22-9-5-20(2)6-10-22/h13-14H,3-12,17-18H2,1-2H3/t13-,14?/m0/s1. The highest BCUT2D eigenvalue weighted by Crippen LogP contribution is 2.23. The van der Waals surface area contributed by atoms with Crippen molar-refractivity contribution >= 4 is 33.4 Å². The SMILES string of the molecule is CN1CCN(C(=O)C(N)CSSC[C@H](N)C(=O)N2CCN(C)CC2)CC1. The summed E-state index contributed by atoms with van der Waals surface area (Å²) in [4.78, 5) is 32.8. The molecule has 2 saturated heterocycles. The predicted molar refractivity (Wildman–Crippen MR) is 109 cm³/mol. The Balaban J connectivity index is 1.61. The molecule has 10 heteroatoms. The summed E-state index contributed by atoms with van der Waals surface area (Å²) in [6, 6.07) is -0.999. The predicted octanol–water partition coefficient (Wildman–Crippen LogP) is -1.43. The fourth-order valence-corrected chi connectivity index (χ4v) is 5.14. The molecular formula is C16H32N6O2S2. The highest BCUT2D eigenvalue weighted by molar-refractivity contribution is 8.76. The van der Waals surface area contributed by atoms with E-state index in [0.29, 0.717) is 11.5 Å². The van der Waals surface area contributed by atoms with Crippen LogP contribution < -0.4 is 11.5 Å². The summed E-state index contributed by atoms with van der Waals surface area (Å²) in [5, 5.41) is 0. The second-order valence-corrected chi connectivity index (χ2v) is 9.59. The van der Waals surface area contributed by atoms with Gasteiger partial charge < -0.3 is 31.1 Å². The van der Waals surface area contributed by atoms with Gasteiger partial charge in [0.15, 0.2) is 0 Å². The van der Waals surface area contributed by atoms with E-state index in [0.717, 1.165) is 52.4 Å². The van der Waals surface area contributed by atoms with Crippen LogP contribution >= 0.6 is 21.6 Å². The number of nitrogens with zero attached hydrogens (tertiary/aromatic N) is 4. The van der Waals surface area contributed by atoms with Gasteiger partial charge in [-0.25, -0.2) is 0 Å². The maximum absolute atomic E-state index is 12.3. The molecule has 2 aliphatic rings. The number of hydrogen-bond donors (Lipinski definition) is 2. The number of amides is 2. The van der Waals surface area contributed by atoms with Crippen molar-refractivity contribution in [3.8, 4) is 0 Å². The molecule has 4 N–H and O–H groups in total. The molecule has 1 unspecified atom stereocenters. The van der Waals surface area contributed by atoms with Crippen molar-refractivity contribution < 1.29 is 9.59 Å². The van der Waals surface area contributed by atoms with Gasteiger partial charge >= 0.3 is 0 Å². The van der Waals surface area contributed by atoms with Crippen molar-refractivity contribution in [1.29, 1.82) is 0 Å². The quantitative estimate of drug-likeness (QED) is 0.394. The zero-order valence-corrected chi connectivity index (χ0v) is 17.4.